The molecule has 6 heteroatoms. The van der Waals surface area contributed by atoms with Gasteiger partial charge in [0.15, 0.2) is 16.3 Å². The number of furan rings is 1. The molecule has 2 rings (SSSR count). The zero-order valence-corrected chi connectivity index (χ0v) is 13.5. The summed E-state index contributed by atoms with van der Waals surface area (Å²) in [5, 5.41) is 3.04. The van der Waals surface area contributed by atoms with Gasteiger partial charge < -0.3 is 9.73 Å². The summed E-state index contributed by atoms with van der Waals surface area (Å²) in [6, 6.07) is 3.80. The number of rotatable bonds is 3. The van der Waals surface area contributed by atoms with Crippen molar-refractivity contribution in [3.63, 3.8) is 0 Å². The summed E-state index contributed by atoms with van der Waals surface area (Å²) in [4.78, 5) is 8.92. The fourth-order valence-electron chi connectivity index (χ4n) is 1.46. The van der Waals surface area contributed by atoms with Crippen LogP contribution in [0.2, 0.25) is 0 Å². The van der Waals surface area contributed by atoms with Crippen molar-refractivity contribution in [2.75, 3.05) is 12.4 Å². The molecule has 0 saturated carbocycles. The lowest BCUT2D eigenvalue weighted by molar-refractivity contribution is 0.548. The van der Waals surface area contributed by atoms with Crippen LogP contribution in [0.25, 0.3) is 11.6 Å². The van der Waals surface area contributed by atoms with Gasteiger partial charge in [-0.25, -0.2) is 9.97 Å². The minimum Gasteiger partial charge on any atom is -0.445 e. The van der Waals surface area contributed by atoms with Crippen molar-refractivity contribution in [1.82, 2.24) is 9.97 Å². The van der Waals surface area contributed by atoms with Crippen LogP contribution in [0.4, 0.5) is 5.82 Å². The van der Waals surface area contributed by atoms with Gasteiger partial charge in [0.05, 0.1) is 4.47 Å². The van der Waals surface area contributed by atoms with Gasteiger partial charge in [0, 0.05) is 24.9 Å². The molecule has 0 aromatic carbocycles. The molecule has 0 amide bonds. The van der Waals surface area contributed by atoms with Gasteiger partial charge in [-0.2, -0.15) is 0 Å². The topological polar surface area (TPSA) is 51.0 Å². The minimum absolute atomic E-state index is 0.334. The van der Waals surface area contributed by atoms with Gasteiger partial charge >= 0.3 is 0 Å². The molecule has 18 heavy (non-hydrogen) atoms. The van der Waals surface area contributed by atoms with Crippen LogP contribution < -0.4 is 5.32 Å². The van der Waals surface area contributed by atoms with Gasteiger partial charge in [-0.1, -0.05) is 13.8 Å². The molecule has 0 saturated heterocycles. The van der Waals surface area contributed by atoms with E-state index < -0.39 is 0 Å². The van der Waals surface area contributed by atoms with Gasteiger partial charge in [-0.3, -0.25) is 0 Å². The number of nitrogens with one attached hydrogen (secondary N) is 1. The highest BCUT2D eigenvalue weighted by Crippen LogP contribution is 2.32. The number of hydrogen-bond acceptors (Lipinski definition) is 4. The van der Waals surface area contributed by atoms with E-state index in [1.807, 2.05) is 19.2 Å². The number of anilines is 1. The van der Waals surface area contributed by atoms with Crippen LogP contribution in [0.5, 0.6) is 0 Å². The number of nitrogens with zero attached hydrogens (tertiary/aromatic N) is 2. The molecule has 0 fully saturated rings. The fraction of sp³-hybridized carbons (Fsp3) is 0.333. The standard InChI is InChI=1S/C12H13Br2N3O/c1-6(2)8-5-10(15-3)17-12(16-8)9-4-7(13)11(14)18-9/h4-6H,1-3H3,(H,15,16,17). The van der Waals surface area contributed by atoms with Crippen LogP contribution in [0, 0.1) is 0 Å². The second-order valence-corrected chi connectivity index (χ2v) is 5.71. The van der Waals surface area contributed by atoms with E-state index >= 15 is 0 Å². The van der Waals surface area contributed by atoms with E-state index in [9.17, 15) is 0 Å². The Kier molecular flexibility index (Phi) is 4.07. The molecule has 0 radical (unpaired) electrons. The lowest BCUT2D eigenvalue weighted by Crippen LogP contribution is -2.01. The van der Waals surface area contributed by atoms with E-state index in [4.69, 9.17) is 4.42 Å². The van der Waals surface area contributed by atoms with Gasteiger partial charge in [-0.05, 0) is 37.8 Å². The number of halogens is 2. The molecule has 0 unspecified atom stereocenters. The predicted molar refractivity (Wildman–Crippen MR) is 78.8 cm³/mol. The first-order chi connectivity index (χ1) is 8.51. The Morgan fingerprint density at radius 1 is 1.22 bits per heavy atom. The van der Waals surface area contributed by atoms with E-state index in [1.165, 1.54) is 0 Å². The molecular formula is C12H13Br2N3O. The molecule has 0 aliphatic heterocycles. The molecule has 0 atom stereocenters. The molecule has 0 aliphatic carbocycles. The van der Waals surface area contributed by atoms with Gasteiger partial charge in [0.1, 0.15) is 5.82 Å². The van der Waals surface area contributed by atoms with Crippen LogP contribution >= 0.6 is 31.9 Å². The maximum Gasteiger partial charge on any atom is 0.197 e. The van der Waals surface area contributed by atoms with Gasteiger partial charge in [0.25, 0.3) is 0 Å². The third kappa shape index (κ3) is 2.75. The molecular weight excluding hydrogens is 362 g/mol. The number of hydrogen-bond donors (Lipinski definition) is 1. The summed E-state index contributed by atoms with van der Waals surface area (Å²) >= 11 is 6.70. The van der Waals surface area contributed by atoms with Gasteiger partial charge in [-0.15, -0.1) is 0 Å². The maximum absolute atomic E-state index is 5.55. The Morgan fingerprint density at radius 2 is 1.94 bits per heavy atom. The van der Waals surface area contributed by atoms with E-state index in [-0.39, 0.29) is 0 Å². The lowest BCUT2D eigenvalue weighted by atomic mass is 10.1. The Morgan fingerprint density at radius 3 is 2.44 bits per heavy atom. The zero-order valence-electron chi connectivity index (χ0n) is 10.3. The summed E-state index contributed by atoms with van der Waals surface area (Å²) in [7, 11) is 1.84. The summed E-state index contributed by atoms with van der Waals surface area (Å²) in [6.45, 7) is 4.19. The molecule has 2 aromatic rings. The molecule has 2 heterocycles. The number of aromatic nitrogens is 2. The normalized spacial score (nSPS) is 11.0. The Hall–Kier alpha value is -0.880. The molecule has 1 N–H and O–H groups in total. The monoisotopic (exact) mass is 373 g/mol. The Labute approximate surface area is 122 Å². The van der Waals surface area contributed by atoms with Crippen molar-refractivity contribution >= 4 is 37.7 Å². The first kappa shape index (κ1) is 13.5. The lowest BCUT2D eigenvalue weighted by Gasteiger charge is -2.08. The summed E-state index contributed by atoms with van der Waals surface area (Å²) in [6.07, 6.45) is 0. The van der Waals surface area contributed by atoms with Crippen LogP contribution in [0.15, 0.2) is 25.7 Å². The summed E-state index contributed by atoms with van der Waals surface area (Å²) in [5.41, 5.74) is 0.980. The third-order valence-corrected chi connectivity index (χ3v) is 4.17. The highest BCUT2D eigenvalue weighted by molar-refractivity contribution is 9.13. The second kappa shape index (κ2) is 5.40. The summed E-state index contributed by atoms with van der Waals surface area (Å²) < 4.78 is 7.04. The van der Waals surface area contributed by atoms with Gasteiger partial charge in [0.2, 0.25) is 0 Å². The highest BCUT2D eigenvalue weighted by atomic mass is 79.9. The van der Waals surface area contributed by atoms with Crippen molar-refractivity contribution in [3.8, 4) is 11.6 Å². The predicted octanol–water partition coefficient (Wildman–Crippen LogP) is 4.43. The molecule has 4 nitrogen and oxygen atoms in total. The quantitative estimate of drug-likeness (QED) is 0.863. The maximum atomic E-state index is 5.55. The molecule has 0 aliphatic rings. The Bertz CT molecular complexity index is 547. The largest absolute Gasteiger partial charge is 0.445 e. The van der Waals surface area contributed by atoms with Crippen molar-refractivity contribution < 1.29 is 4.42 Å². The SMILES string of the molecule is CNc1cc(C(C)C)nc(-c2cc(Br)c(Br)o2)n1. The van der Waals surface area contributed by atoms with E-state index in [0.29, 0.717) is 22.2 Å². The Balaban J connectivity index is 2.52. The highest BCUT2D eigenvalue weighted by Gasteiger charge is 2.14. The first-order valence-electron chi connectivity index (χ1n) is 5.53. The van der Waals surface area contributed by atoms with Crippen LogP contribution in [0.3, 0.4) is 0 Å². The fourth-order valence-corrected chi connectivity index (χ4v) is 2.03. The minimum atomic E-state index is 0.334. The van der Waals surface area contributed by atoms with Crippen molar-refractivity contribution in [1.29, 1.82) is 0 Å². The van der Waals surface area contributed by atoms with E-state index in [0.717, 1.165) is 16.0 Å². The van der Waals surface area contributed by atoms with Crippen molar-refractivity contribution in [3.05, 3.63) is 27.0 Å². The molecule has 0 bridgehead atoms. The average molecular weight is 375 g/mol. The van der Waals surface area contributed by atoms with Crippen LogP contribution in [0.1, 0.15) is 25.5 Å². The van der Waals surface area contributed by atoms with Crippen LogP contribution in [-0.4, -0.2) is 17.0 Å². The van der Waals surface area contributed by atoms with E-state index in [2.05, 4.69) is 61.0 Å². The third-order valence-electron chi connectivity index (χ3n) is 2.46. The van der Waals surface area contributed by atoms with E-state index in [1.54, 1.807) is 0 Å². The van der Waals surface area contributed by atoms with Crippen molar-refractivity contribution in [2.24, 2.45) is 0 Å². The van der Waals surface area contributed by atoms with Crippen LogP contribution in [-0.2, 0) is 0 Å². The first-order valence-corrected chi connectivity index (χ1v) is 7.11. The molecule has 0 spiro atoms. The molecule has 96 valence electrons. The smallest absolute Gasteiger partial charge is 0.197 e. The second-order valence-electron chi connectivity index (χ2n) is 4.14. The molecule has 2 aromatic heterocycles. The average Bonchev–Trinajstić information content (AvgIpc) is 2.69. The van der Waals surface area contributed by atoms with Crippen molar-refractivity contribution in [2.45, 2.75) is 19.8 Å². The zero-order chi connectivity index (χ0) is 13.3. The summed E-state index contributed by atoms with van der Waals surface area (Å²) in [5.74, 6) is 2.33.